The van der Waals surface area contributed by atoms with Crippen molar-refractivity contribution < 1.29 is 14.3 Å². The molecule has 0 atom stereocenters. The summed E-state index contributed by atoms with van der Waals surface area (Å²) >= 11 is 0. The molecule has 6 nitrogen and oxygen atoms in total. The molecule has 0 spiro atoms. The zero-order valence-corrected chi connectivity index (χ0v) is 9.47. The third kappa shape index (κ3) is 2.00. The molecule has 0 radical (unpaired) electrons. The predicted octanol–water partition coefficient (Wildman–Crippen LogP) is 1.07. The number of hydrogen-bond donors (Lipinski definition) is 2. The molecule has 2 aromatic rings. The van der Waals surface area contributed by atoms with E-state index in [1.807, 2.05) is 18.2 Å². The largest absolute Gasteiger partial charge is 0.454 e. The molecule has 0 saturated heterocycles. The molecule has 1 amide bonds. The molecule has 0 aliphatic carbocycles. The molecule has 0 fully saturated rings. The van der Waals surface area contributed by atoms with Crippen LogP contribution in [0, 0.1) is 0 Å². The summed E-state index contributed by atoms with van der Waals surface area (Å²) in [4.78, 5) is 11.7. The lowest BCUT2D eigenvalue weighted by Gasteiger charge is -2.04. The lowest BCUT2D eigenvalue weighted by molar-refractivity contribution is 0.0951. The van der Waals surface area contributed by atoms with Crippen LogP contribution in [0.5, 0.6) is 11.5 Å². The van der Waals surface area contributed by atoms with Crippen molar-refractivity contribution in [1.82, 2.24) is 15.5 Å². The number of amides is 1. The fourth-order valence-corrected chi connectivity index (χ4v) is 1.71. The Labute approximate surface area is 103 Å². The van der Waals surface area contributed by atoms with Crippen molar-refractivity contribution in [2.45, 2.75) is 6.54 Å². The molecule has 2 N–H and O–H groups in total. The first-order chi connectivity index (χ1) is 8.83. The van der Waals surface area contributed by atoms with E-state index in [0.717, 1.165) is 11.3 Å². The highest BCUT2D eigenvalue weighted by Gasteiger charge is 2.13. The summed E-state index contributed by atoms with van der Waals surface area (Å²) in [5.74, 6) is 1.28. The third-order valence-corrected chi connectivity index (χ3v) is 2.65. The number of nitrogens with zero attached hydrogens (tertiary/aromatic N) is 1. The number of H-pyrrole nitrogens is 1. The van der Waals surface area contributed by atoms with Gasteiger partial charge < -0.3 is 14.8 Å². The van der Waals surface area contributed by atoms with Gasteiger partial charge in [0.15, 0.2) is 11.5 Å². The molecule has 0 unspecified atom stereocenters. The van der Waals surface area contributed by atoms with Crippen molar-refractivity contribution >= 4 is 5.91 Å². The van der Waals surface area contributed by atoms with Gasteiger partial charge in [-0.1, -0.05) is 6.07 Å². The van der Waals surface area contributed by atoms with Crippen molar-refractivity contribution in [3.8, 4) is 11.5 Å². The Morgan fingerprint density at radius 2 is 2.28 bits per heavy atom. The summed E-state index contributed by atoms with van der Waals surface area (Å²) < 4.78 is 10.5. The predicted molar refractivity (Wildman–Crippen MR) is 62.3 cm³/mol. The molecule has 1 aliphatic rings. The normalized spacial score (nSPS) is 12.4. The van der Waals surface area contributed by atoms with Crippen molar-refractivity contribution in [3.63, 3.8) is 0 Å². The molecule has 18 heavy (non-hydrogen) atoms. The van der Waals surface area contributed by atoms with E-state index in [4.69, 9.17) is 9.47 Å². The van der Waals surface area contributed by atoms with Gasteiger partial charge in [-0.25, -0.2) is 0 Å². The third-order valence-electron chi connectivity index (χ3n) is 2.65. The minimum atomic E-state index is -0.165. The van der Waals surface area contributed by atoms with Gasteiger partial charge in [-0.2, -0.15) is 5.10 Å². The smallest absolute Gasteiger partial charge is 0.254 e. The number of nitrogens with one attached hydrogen (secondary N) is 2. The summed E-state index contributed by atoms with van der Waals surface area (Å²) in [5.41, 5.74) is 1.46. The van der Waals surface area contributed by atoms with Gasteiger partial charge in [0.1, 0.15) is 0 Å². The molecule has 1 aliphatic heterocycles. The Morgan fingerprint density at radius 1 is 1.39 bits per heavy atom. The second-order valence-electron chi connectivity index (χ2n) is 3.86. The van der Waals surface area contributed by atoms with Gasteiger partial charge in [0, 0.05) is 12.7 Å². The fourth-order valence-electron chi connectivity index (χ4n) is 1.71. The number of fused-ring (bicyclic) bond motifs is 1. The standard InChI is InChI=1S/C12H11N3O3/c16-12(9-5-14-15-6-9)13-4-8-1-2-10-11(3-8)18-7-17-10/h1-3,5-6H,4,7H2,(H,13,16)(H,14,15). The maximum Gasteiger partial charge on any atom is 0.254 e. The minimum Gasteiger partial charge on any atom is -0.454 e. The molecule has 6 heteroatoms. The first kappa shape index (κ1) is 10.6. The number of carbonyl (C=O) groups is 1. The Morgan fingerprint density at radius 3 is 3.11 bits per heavy atom. The molecule has 2 heterocycles. The average Bonchev–Trinajstić information content (AvgIpc) is 3.05. The van der Waals surface area contributed by atoms with Crippen LogP contribution in [-0.4, -0.2) is 22.9 Å². The van der Waals surface area contributed by atoms with E-state index in [2.05, 4.69) is 15.5 Å². The van der Waals surface area contributed by atoms with Crippen LogP contribution in [0.4, 0.5) is 0 Å². The maximum atomic E-state index is 11.7. The maximum absolute atomic E-state index is 11.7. The number of rotatable bonds is 3. The summed E-state index contributed by atoms with van der Waals surface area (Å²) in [6.45, 7) is 0.681. The molecule has 3 rings (SSSR count). The summed E-state index contributed by atoms with van der Waals surface area (Å²) in [7, 11) is 0. The zero-order chi connectivity index (χ0) is 12.4. The van der Waals surface area contributed by atoms with Gasteiger partial charge in [-0.05, 0) is 17.7 Å². The van der Waals surface area contributed by atoms with E-state index in [0.29, 0.717) is 17.9 Å². The number of carbonyl (C=O) groups excluding carboxylic acids is 1. The Hall–Kier alpha value is -2.50. The van der Waals surface area contributed by atoms with Crippen molar-refractivity contribution in [2.75, 3.05) is 6.79 Å². The Balaban J connectivity index is 1.65. The number of ether oxygens (including phenoxy) is 2. The molecule has 92 valence electrons. The molecule has 0 saturated carbocycles. The summed E-state index contributed by atoms with van der Waals surface area (Å²) in [5, 5.41) is 9.12. The lowest BCUT2D eigenvalue weighted by Crippen LogP contribution is -2.22. The Kier molecular flexibility index (Phi) is 2.60. The molecule has 1 aromatic heterocycles. The first-order valence-corrected chi connectivity index (χ1v) is 5.48. The highest BCUT2D eigenvalue weighted by Crippen LogP contribution is 2.32. The first-order valence-electron chi connectivity index (χ1n) is 5.48. The van der Waals surface area contributed by atoms with Crippen molar-refractivity contribution in [1.29, 1.82) is 0 Å². The Bertz CT molecular complexity index is 566. The van der Waals surface area contributed by atoms with Crippen LogP contribution >= 0.6 is 0 Å². The second-order valence-corrected chi connectivity index (χ2v) is 3.86. The summed E-state index contributed by atoms with van der Waals surface area (Å²) in [6.07, 6.45) is 3.03. The van der Waals surface area contributed by atoms with Gasteiger partial charge in [-0.3, -0.25) is 9.89 Å². The SMILES string of the molecule is O=C(NCc1ccc2c(c1)OCO2)c1cn[nH]c1. The van der Waals surface area contributed by atoms with Crippen LogP contribution in [0.2, 0.25) is 0 Å². The zero-order valence-electron chi connectivity index (χ0n) is 9.47. The molecule has 1 aromatic carbocycles. The van der Waals surface area contributed by atoms with Crippen molar-refractivity contribution in [2.24, 2.45) is 0 Å². The van der Waals surface area contributed by atoms with E-state index in [-0.39, 0.29) is 12.7 Å². The number of aromatic amines is 1. The van der Waals surface area contributed by atoms with Crippen LogP contribution in [0.15, 0.2) is 30.6 Å². The van der Waals surface area contributed by atoms with Gasteiger partial charge in [0.2, 0.25) is 6.79 Å². The van der Waals surface area contributed by atoms with E-state index in [1.165, 1.54) is 6.20 Å². The number of hydrogen-bond acceptors (Lipinski definition) is 4. The van der Waals surface area contributed by atoms with Crippen LogP contribution in [0.25, 0.3) is 0 Å². The lowest BCUT2D eigenvalue weighted by atomic mass is 10.2. The monoisotopic (exact) mass is 245 g/mol. The van der Waals surface area contributed by atoms with Crippen LogP contribution in [0.3, 0.4) is 0 Å². The second kappa shape index (κ2) is 4.40. The number of aromatic nitrogens is 2. The van der Waals surface area contributed by atoms with E-state index < -0.39 is 0 Å². The van der Waals surface area contributed by atoms with E-state index in [1.54, 1.807) is 6.20 Å². The summed E-state index contributed by atoms with van der Waals surface area (Å²) in [6, 6.07) is 5.59. The molecule has 0 bridgehead atoms. The topological polar surface area (TPSA) is 76.2 Å². The van der Waals surface area contributed by atoms with Gasteiger partial charge in [0.25, 0.3) is 5.91 Å². The van der Waals surface area contributed by atoms with Gasteiger partial charge in [-0.15, -0.1) is 0 Å². The average molecular weight is 245 g/mol. The molecular weight excluding hydrogens is 234 g/mol. The van der Waals surface area contributed by atoms with Gasteiger partial charge in [0.05, 0.1) is 11.8 Å². The fraction of sp³-hybridized carbons (Fsp3) is 0.167. The van der Waals surface area contributed by atoms with E-state index >= 15 is 0 Å². The van der Waals surface area contributed by atoms with E-state index in [9.17, 15) is 4.79 Å². The quantitative estimate of drug-likeness (QED) is 0.848. The van der Waals surface area contributed by atoms with Gasteiger partial charge >= 0.3 is 0 Å². The van der Waals surface area contributed by atoms with Crippen LogP contribution in [0.1, 0.15) is 15.9 Å². The highest BCUT2D eigenvalue weighted by molar-refractivity contribution is 5.93. The van der Waals surface area contributed by atoms with Crippen molar-refractivity contribution in [3.05, 3.63) is 41.7 Å². The van der Waals surface area contributed by atoms with Crippen LogP contribution in [-0.2, 0) is 6.54 Å². The molecular formula is C12H11N3O3. The number of benzene rings is 1. The highest BCUT2D eigenvalue weighted by atomic mass is 16.7. The van der Waals surface area contributed by atoms with Crippen LogP contribution < -0.4 is 14.8 Å². The minimum absolute atomic E-state index is 0.165.